The molecule has 0 aromatic heterocycles. The number of nitro groups is 1. The summed E-state index contributed by atoms with van der Waals surface area (Å²) in [6.07, 6.45) is 3.14. The molecule has 0 radical (unpaired) electrons. The molecule has 0 spiro atoms. The van der Waals surface area contributed by atoms with Crippen molar-refractivity contribution in [3.63, 3.8) is 0 Å². The van der Waals surface area contributed by atoms with E-state index in [0.717, 1.165) is 37.9 Å². The third kappa shape index (κ3) is 3.35. The molecular formula is C15H20N2O3. The molecule has 2 rings (SSSR count). The minimum atomic E-state index is -0.450. The van der Waals surface area contributed by atoms with Gasteiger partial charge in [0.15, 0.2) is 0 Å². The van der Waals surface area contributed by atoms with E-state index in [1.165, 1.54) is 12.1 Å². The van der Waals surface area contributed by atoms with E-state index < -0.39 is 4.92 Å². The Hall–Kier alpha value is -1.91. The molecule has 108 valence electrons. The van der Waals surface area contributed by atoms with E-state index in [9.17, 15) is 14.9 Å². The number of amides is 1. The number of likely N-dealkylation sites (tertiary alicyclic amines) is 1. The number of non-ortho nitro benzene ring substituents is 1. The highest BCUT2D eigenvalue weighted by molar-refractivity contribution is 5.95. The van der Waals surface area contributed by atoms with Crippen molar-refractivity contribution in [1.29, 1.82) is 0 Å². The molecule has 5 nitrogen and oxygen atoms in total. The van der Waals surface area contributed by atoms with Crippen LogP contribution in [0, 0.1) is 23.0 Å². The van der Waals surface area contributed by atoms with Crippen LogP contribution in [0.5, 0.6) is 0 Å². The summed E-state index contributed by atoms with van der Waals surface area (Å²) in [5.41, 5.74) is 1.15. The SMILES string of the molecule is Cc1cc(C(=O)N2CCCC(C)CC2)cc([N+](=O)[O-])c1. The second-order valence-corrected chi connectivity index (χ2v) is 5.64. The average molecular weight is 276 g/mol. The van der Waals surface area contributed by atoms with Gasteiger partial charge < -0.3 is 4.90 Å². The second kappa shape index (κ2) is 6.03. The molecule has 0 saturated carbocycles. The summed E-state index contributed by atoms with van der Waals surface area (Å²) in [6, 6.07) is 4.59. The highest BCUT2D eigenvalue weighted by Gasteiger charge is 2.21. The molecule has 1 aliphatic rings. The summed E-state index contributed by atoms with van der Waals surface area (Å²) in [6.45, 7) is 5.45. The van der Waals surface area contributed by atoms with Crippen LogP contribution in [-0.2, 0) is 0 Å². The zero-order valence-electron chi connectivity index (χ0n) is 12.0. The molecule has 1 aliphatic heterocycles. The lowest BCUT2D eigenvalue weighted by atomic mass is 10.0. The first-order valence-corrected chi connectivity index (χ1v) is 7.02. The first kappa shape index (κ1) is 14.5. The third-order valence-corrected chi connectivity index (χ3v) is 3.82. The van der Waals surface area contributed by atoms with Gasteiger partial charge in [-0.1, -0.05) is 6.92 Å². The van der Waals surface area contributed by atoms with Crippen LogP contribution in [0.25, 0.3) is 0 Å². The molecule has 1 aromatic carbocycles. The van der Waals surface area contributed by atoms with Gasteiger partial charge >= 0.3 is 0 Å². The van der Waals surface area contributed by atoms with E-state index in [1.807, 2.05) is 4.90 Å². The zero-order valence-corrected chi connectivity index (χ0v) is 12.0. The van der Waals surface area contributed by atoms with Crippen LogP contribution >= 0.6 is 0 Å². The number of benzene rings is 1. The Bertz CT molecular complexity index is 528. The van der Waals surface area contributed by atoms with Crippen molar-refractivity contribution in [3.8, 4) is 0 Å². The molecule has 1 amide bonds. The Morgan fingerprint density at radius 3 is 2.75 bits per heavy atom. The summed E-state index contributed by atoms with van der Waals surface area (Å²) >= 11 is 0. The monoisotopic (exact) mass is 276 g/mol. The normalized spacial score (nSPS) is 19.5. The maximum absolute atomic E-state index is 12.5. The largest absolute Gasteiger partial charge is 0.339 e. The fraction of sp³-hybridized carbons (Fsp3) is 0.533. The van der Waals surface area contributed by atoms with Crippen LogP contribution in [0.15, 0.2) is 18.2 Å². The predicted molar refractivity (Wildman–Crippen MR) is 76.8 cm³/mol. The van der Waals surface area contributed by atoms with Gasteiger partial charge in [0.2, 0.25) is 0 Å². The first-order chi connectivity index (χ1) is 9.47. The van der Waals surface area contributed by atoms with Gasteiger partial charge in [-0.25, -0.2) is 0 Å². The number of hydrogen-bond donors (Lipinski definition) is 0. The minimum Gasteiger partial charge on any atom is -0.339 e. The van der Waals surface area contributed by atoms with E-state index >= 15 is 0 Å². The van der Waals surface area contributed by atoms with Gasteiger partial charge in [0.25, 0.3) is 11.6 Å². The van der Waals surface area contributed by atoms with Crippen molar-refractivity contribution < 1.29 is 9.72 Å². The van der Waals surface area contributed by atoms with E-state index in [4.69, 9.17) is 0 Å². The number of hydrogen-bond acceptors (Lipinski definition) is 3. The van der Waals surface area contributed by atoms with Gasteiger partial charge in [0, 0.05) is 30.8 Å². The first-order valence-electron chi connectivity index (χ1n) is 7.02. The van der Waals surface area contributed by atoms with E-state index in [1.54, 1.807) is 13.0 Å². The van der Waals surface area contributed by atoms with Gasteiger partial charge in [-0.05, 0) is 43.7 Å². The van der Waals surface area contributed by atoms with Crippen molar-refractivity contribution in [2.45, 2.75) is 33.1 Å². The van der Waals surface area contributed by atoms with E-state index in [-0.39, 0.29) is 11.6 Å². The molecule has 0 bridgehead atoms. The van der Waals surface area contributed by atoms with Crippen LogP contribution in [-0.4, -0.2) is 28.8 Å². The molecule has 1 unspecified atom stereocenters. The fourth-order valence-corrected chi connectivity index (χ4v) is 2.64. The molecule has 1 fully saturated rings. The van der Waals surface area contributed by atoms with Gasteiger partial charge in [-0.3, -0.25) is 14.9 Å². The van der Waals surface area contributed by atoms with Crippen LogP contribution in [0.2, 0.25) is 0 Å². The highest BCUT2D eigenvalue weighted by Crippen LogP contribution is 2.21. The maximum atomic E-state index is 12.5. The van der Waals surface area contributed by atoms with Gasteiger partial charge in [0.1, 0.15) is 0 Å². The molecule has 1 atom stereocenters. The summed E-state index contributed by atoms with van der Waals surface area (Å²) in [5.74, 6) is 0.547. The van der Waals surface area contributed by atoms with Gasteiger partial charge in [0.05, 0.1) is 4.92 Å². The molecule has 0 aliphatic carbocycles. The molecular weight excluding hydrogens is 256 g/mol. The lowest BCUT2D eigenvalue weighted by molar-refractivity contribution is -0.384. The molecule has 1 saturated heterocycles. The minimum absolute atomic E-state index is 0.0171. The standard InChI is InChI=1S/C15H20N2O3/c1-11-4-3-6-16(7-5-11)15(18)13-8-12(2)9-14(10-13)17(19)20/h8-11H,3-7H2,1-2H3. The molecule has 1 heterocycles. The lowest BCUT2D eigenvalue weighted by Gasteiger charge is -2.20. The smallest absolute Gasteiger partial charge is 0.270 e. The maximum Gasteiger partial charge on any atom is 0.270 e. The number of carbonyl (C=O) groups excluding carboxylic acids is 1. The number of nitrogens with zero attached hydrogens (tertiary/aromatic N) is 2. The quantitative estimate of drug-likeness (QED) is 0.615. The Balaban J connectivity index is 2.22. The summed E-state index contributed by atoms with van der Waals surface area (Å²) < 4.78 is 0. The Kier molecular flexibility index (Phi) is 4.37. The Morgan fingerprint density at radius 1 is 1.30 bits per heavy atom. The third-order valence-electron chi connectivity index (χ3n) is 3.82. The average Bonchev–Trinajstić information content (AvgIpc) is 2.62. The van der Waals surface area contributed by atoms with Crippen LogP contribution in [0.1, 0.15) is 42.1 Å². The van der Waals surface area contributed by atoms with E-state index in [0.29, 0.717) is 11.5 Å². The topological polar surface area (TPSA) is 63.5 Å². The van der Waals surface area contributed by atoms with E-state index in [2.05, 4.69) is 6.92 Å². The Labute approximate surface area is 118 Å². The fourth-order valence-electron chi connectivity index (χ4n) is 2.64. The van der Waals surface area contributed by atoms with Crippen molar-refractivity contribution in [1.82, 2.24) is 4.90 Å². The Morgan fingerprint density at radius 2 is 2.05 bits per heavy atom. The van der Waals surface area contributed by atoms with Crippen LogP contribution in [0.4, 0.5) is 5.69 Å². The van der Waals surface area contributed by atoms with Crippen LogP contribution in [0.3, 0.4) is 0 Å². The zero-order chi connectivity index (χ0) is 14.7. The molecule has 0 N–H and O–H groups in total. The van der Waals surface area contributed by atoms with Gasteiger partial charge in [-0.2, -0.15) is 0 Å². The van der Waals surface area contributed by atoms with Crippen molar-refractivity contribution in [2.24, 2.45) is 5.92 Å². The molecule has 5 heteroatoms. The summed E-state index contributed by atoms with van der Waals surface area (Å²) in [7, 11) is 0. The number of aryl methyl sites for hydroxylation is 1. The predicted octanol–water partition coefficient (Wildman–Crippen LogP) is 3.17. The van der Waals surface area contributed by atoms with Crippen molar-refractivity contribution >= 4 is 11.6 Å². The number of carbonyl (C=O) groups is 1. The molecule has 1 aromatic rings. The van der Waals surface area contributed by atoms with Crippen LogP contribution < -0.4 is 0 Å². The van der Waals surface area contributed by atoms with Crippen molar-refractivity contribution in [2.75, 3.05) is 13.1 Å². The lowest BCUT2D eigenvalue weighted by Crippen LogP contribution is -2.32. The summed E-state index contributed by atoms with van der Waals surface area (Å²) in [4.78, 5) is 24.7. The number of nitro benzene ring substituents is 1. The molecule has 20 heavy (non-hydrogen) atoms. The van der Waals surface area contributed by atoms with Crippen molar-refractivity contribution in [3.05, 3.63) is 39.4 Å². The van der Waals surface area contributed by atoms with Gasteiger partial charge in [-0.15, -0.1) is 0 Å². The summed E-state index contributed by atoms with van der Waals surface area (Å²) in [5, 5.41) is 10.9. The highest BCUT2D eigenvalue weighted by atomic mass is 16.6. The number of rotatable bonds is 2. The second-order valence-electron chi connectivity index (χ2n) is 5.64.